The molecule has 0 radical (unpaired) electrons. The number of carbonyl (C=O) groups excluding carboxylic acids is 1. The summed E-state index contributed by atoms with van der Waals surface area (Å²) in [5.41, 5.74) is 1.27. The number of carbonyl (C=O) groups is 1. The Morgan fingerprint density at radius 2 is 1.75 bits per heavy atom. The van der Waals surface area contributed by atoms with Gasteiger partial charge in [0.1, 0.15) is 17.1 Å². The Balaban J connectivity index is 2.53. The van der Waals surface area contributed by atoms with E-state index in [1.807, 2.05) is 13.8 Å². The van der Waals surface area contributed by atoms with Gasteiger partial charge in [0.15, 0.2) is 0 Å². The zero-order chi connectivity index (χ0) is 17.5. The lowest BCUT2D eigenvalue weighted by Crippen LogP contribution is -2.18. The van der Waals surface area contributed by atoms with Crippen molar-refractivity contribution in [1.29, 1.82) is 0 Å². The largest absolute Gasteiger partial charge is 0.462 e. The van der Waals surface area contributed by atoms with Crippen LogP contribution in [0.4, 0.5) is 4.39 Å². The first kappa shape index (κ1) is 18.1. The first-order chi connectivity index (χ1) is 11.6. The van der Waals surface area contributed by atoms with Gasteiger partial charge in [-0.2, -0.15) is 5.10 Å². The lowest BCUT2D eigenvalue weighted by molar-refractivity contribution is -0.144. The first-order valence-electron chi connectivity index (χ1n) is 7.86. The van der Waals surface area contributed by atoms with Gasteiger partial charge in [0.25, 0.3) is 0 Å². The predicted molar refractivity (Wildman–Crippen MR) is 85.5 cm³/mol. The molecule has 0 amide bonds. The van der Waals surface area contributed by atoms with Crippen LogP contribution < -0.4 is 0 Å². The van der Waals surface area contributed by atoms with E-state index >= 15 is 0 Å². The minimum atomic E-state index is -0.785. The Morgan fingerprint density at radius 1 is 1.12 bits per heavy atom. The molecule has 1 aromatic heterocycles. The number of hydrogen-bond acceptors (Lipinski definition) is 5. The summed E-state index contributed by atoms with van der Waals surface area (Å²) < 4.78 is 31.0. The monoisotopic (exact) mass is 336 g/mol. The number of rotatable bonds is 8. The lowest BCUT2D eigenvalue weighted by Gasteiger charge is -2.19. The van der Waals surface area contributed by atoms with Crippen molar-refractivity contribution < 1.29 is 23.4 Å². The Labute approximate surface area is 140 Å². The summed E-state index contributed by atoms with van der Waals surface area (Å²) in [5.74, 6) is -0.866. The van der Waals surface area contributed by atoms with Gasteiger partial charge in [-0.05, 0) is 45.0 Å². The summed E-state index contributed by atoms with van der Waals surface area (Å²) in [6.07, 6.45) is 0.619. The highest BCUT2D eigenvalue weighted by Crippen LogP contribution is 2.26. The van der Waals surface area contributed by atoms with Crippen LogP contribution >= 0.6 is 0 Å². The van der Waals surface area contributed by atoms with Crippen molar-refractivity contribution in [2.45, 2.75) is 27.1 Å². The van der Waals surface area contributed by atoms with Crippen LogP contribution in [0.15, 0.2) is 30.5 Å². The van der Waals surface area contributed by atoms with E-state index in [4.69, 9.17) is 14.2 Å². The maximum atomic E-state index is 13.2. The van der Waals surface area contributed by atoms with Gasteiger partial charge in [0.2, 0.25) is 6.29 Å². The Hall–Kier alpha value is -2.25. The van der Waals surface area contributed by atoms with Gasteiger partial charge in [-0.1, -0.05) is 0 Å². The van der Waals surface area contributed by atoms with Crippen molar-refractivity contribution in [2.75, 3.05) is 19.8 Å². The number of benzene rings is 1. The van der Waals surface area contributed by atoms with E-state index in [1.54, 1.807) is 19.1 Å². The van der Waals surface area contributed by atoms with Crippen LogP contribution in [0.3, 0.4) is 0 Å². The van der Waals surface area contributed by atoms with Crippen LogP contribution in [-0.2, 0) is 14.2 Å². The molecule has 2 aromatic rings. The molecule has 6 nitrogen and oxygen atoms in total. The number of ether oxygens (including phenoxy) is 3. The highest BCUT2D eigenvalue weighted by Gasteiger charge is 2.27. The normalized spacial score (nSPS) is 11.0. The zero-order valence-electron chi connectivity index (χ0n) is 14.0. The molecular formula is C17H21FN2O4. The van der Waals surface area contributed by atoms with Crippen LogP contribution in [0, 0.1) is 5.82 Å². The van der Waals surface area contributed by atoms with Gasteiger partial charge in [-0.25, -0.2) is 13.9 Å². The molecule has 0 unspecified atom stereocenters. The molecule has 130 valence electrons. The second-order valence-electron chi connectivity index (χ2n) is 4.79. The van der Waals surface area contributed by atoms with Crippen LogP contribution in [0.5, 0.6) is 0 Å². The van der Waals surface area contributed by atoms with Gasteiger partial charge >= 0.3 is 5.97 Å². The molecule has 7 heteroatoms. The zero-order valence-corrected chi connectivity index (χ0v) is 14.0. The Bertz CT molecular complexity index is 664. The minimum Gasteiger partial charge on any atom is -0.462 e. The third-order valence-electron chi connectivity index (χ3n) is 3.23. The average molecular weight is 336 g/mol. The molecule has 0 saturated heterocycles. The molecule has 1 aromatic carbocycles. The van der Waals surface area contributed by atoms with E-state index in [0.717, 1.165) is 0 Å². The summed E-state index contributed by atoms with van der Waals surface area (Å²) in [6, 6.07) is 5.77. The first-order valence-corrected chi connectivity index (χ1v) is 7.86. The molecule has 0 aliphatic carbocycles. The maximum Gasteiger partial charge on any atom is 0.341 e. The van der Waals surface area contributed by atoms with Crippen molar-refractivity contribution in [1.82, 2.24) is 9.78 Å². The highest BCUT2D eigenvalue weighted by molar-refractivity contribution is 5.90. The number of hydrogen-bond donors (Lipinski definition) is 0. The van der Waals surface area contributed by atoms with E-state index < -0.39 is 12.3 Å². The molecule has 0 aliphatic heterocycles. The molecule has 0 bridgehead atoms. The molecule has 0 spiro atoms. The van der Waals surface area contributed by atoms with Gasteiger partial charge in [0, 0.05) is 13.2 Å². The van der Waals surface area contributed by atoms with Gasteiger partial charge in [0.05, 0.1) is 18.5 Å². The molecule has 0 aliphatic rings. The second-order valence-corrected chi connectivity index (χ2v) is 4.79. The summed E-state index contributed by atoms with van der Waals surface area (Å²) in [7, 11) is 0. The molecule has 2 rings (SSSR count). The number of nitrogens with zero attached hydrogens (tertiary/aromatic N) is 2. The molecule has 1 heterocycles. The molecule has 0 N–H and O–H groups in total. The van der Waals surface area contributed by atoms with E-state index in [2.05, 4.69) is 5.10 Å². The van der Waals surface area contributed by atoms with Crippen LogP contribution in [0.25, 0.3) is 5.69 Å². The smallest absolute Gasteiger partial charge is 0.341 e. The third-order valence-corrected chi connectivity index (χ3v) is 3.23. The van der Waals surface area contributed by atoms with Crippen molar-refractivity contribution >= 4 is 5.97 Å². The quantitative estimate of drug-likeness (QED) is 0.547. The van der Waals surface area contributed by atoms with Crippen molar-refractivity contribution in [2.24, 2.45) is 0 Å². The number of halogens is 1. The fourth-order valence-electron chi connectivity index (χ4n) is 2.25. The Morgan fingerprint density at radius 3 is 2.29 bits per heavy atom. The summed E-state index contributed by atoms with van der Waals surface area (Å²) in [6.45, 7) is 6.41. The van der Waals surface area contributed by atoms with Gasteiger partial charge < -0.3 is 14.2 Å². The van der Waals surface area contributed by atoms with Crippen LogP contribution in [-0.4, -0.2) is 35.6 Å². The molecular weight excluding hydrogens is 315 g/mol. The maximum absolute atomic E-state index is 13.2. The van der Waals surface area contributed by atoms with E-state index in [9.17, 15) is 9.18 Å². The van der Waals surface area contributed by atoms with Crippen LogP contribution in [0.1, 0.15) is 43.1 Å². The summed E-state index contributed by atoms with van der Waals surface area (Å²) in [5, 5.41) is 4.24. The second kappa shape index (κ2) is 8.56. The fourth-order valence-corrected chi connectivity index (χ4v) is 2.25. The SMILES string of the molecule is CCOC(=O)c1cnn(-c2ccc(F)cc2)c1C(OCC)OCC. The van der Waals surface area contributed by atoms with E-state index in [0.29, 0.717) is 24.6 Å². The predicted octanol–water partition coefficient (Wildman–Crippen LogP) is 3.26. The summed E-state index contributed by atoms with van der Waals surface area (Å²) in [4.78, 5) is 12.2. The van der Waals surface area contributed by atoms with Crippen molar-refractivity contribution in [3.05, 3.63) is 47.5 Å². The highest BCUT2D eigenvalue weighted by atomic mass is 19.1. The molecule has 0 fully saturated rings. The molecule has 0 atom stereocenters. The number of aromatic nitrogens is 2. The topological polar surface area (TPSA) is 62.6 Å². The van der Waals surface area contributed by atoms with Gasteiger partial charge in [-0.3, -0.25) is 0 Å². The molecule has 24 heavy (non-hydrogen) atoms. The Kier molecular flexibility index (Phi) is 6.45. The minimum absolute atomic E-state index is 0.244. The average Bonchev–Trinajstić information content (AvgIpc) is 3.00. The lowest BCUT2D eigenvalue weighted by atomic mass is 10.2. The standard InChI is InChI=1S/C17H21FN2O4/c1-4-22-16(21)14-11-19-20(13-9-7-12(18)8-10-13)15(14)17(23-5-2)24-6-3/h7-11,17H,4-6H2,1-3H3. The van der Waals surface area contributed by atoms with Crippen molar-refractivity contribution in [3.8, 4) is 5.69 Å². The van der Waals surface area contributed by atoms with Gasteiger partial charge in [-0.15, -0.1) is 0 Å². The summed E-state index contributed by atoms with van der Waals surface area (Å²) >= 11 is 0. The van der Waals surface area contributed by atoms with Crippen LogP contribution in [0.2, 0.25) is 0 Å². The third kappa shape index (κ3) is 3.98. The van der Waals surface area contributed by atoms with E-state index in [-0.39, 0.29) is 18.0 Å². The fraction of sp³-hybridized carbons (Fsp3) is 0.412. The number of esters is 1. The van der Waals surface area contributed by atoms with E-state index in [1.165, 1.54) is 23.0 Å². The van der Waals surface area contributed by atoms with Crippen molar-refractivity contribution in [3.63, 3.8) is 0 Å². The molecule has 0 saturated carbocycles.